The molecule has 0 saturated carbocycles. The normalized spacial score (nSPS) is 14.4. The van der Waals surface area contributed by atoms with E-state index in [4.69, 9.17) is 4.74 Å². The van der Waals surface area contributed by atoms with Gasteiger partial charge in [0.1, 0.15) is 0 Å². The standard InChI is InChI=1S/C22H30N4O.HI/c1-18-8-10-19(11-9-18)17-25(3)22(23-2)24-16-20-6-4-5-7-21(20)26-12-14-27-15-13-26;/h4-11H,12-17H2,1-3H3,(H,23,24);1H. The van der Waals surface area contributed by atoms with E-state index in [1.807, 2.05) is 7.05 Å². The molecule has 0 spiro atoms. The average molecular weight is 494 g/mol. The Hall–Kier alpha value is -1.80. The maximum atomic E-state index is 5.49. The van der Waals surface area contributed by atoms with Gasteiger partial charge >= 0.3 is 0 Å². The molecule has 0 atom stereocenters. The number of aryl methyl sites for hydroxylation is 1. The van der Waals surface area contributed by atoms with E-state index in [1.54, 1.807) is 0 Å². The quantitative estimate of drug-likeness (QED) is 0.392. The SMILES string of the molecule is CN=C(NCc1ccccc1N1CCOCC1)N(C)Cc1ccc(C)cc1.I. The topological polar surface area (TPSA) is 40.1 Å². The summed E-state index contributed by atoms with van der Waals surface area (Å²) in [7, 11) is 3.91. The molecule has 2 aromatic carbocycles. The molecular formula is C22H31IN4O. The van der Waals surface area contributed by atoms with Gasteiger partial charge in [-0.1, -0.05) is 48.0 Å². The lowest BCUT2D eigenvalue weighted by molar-refractivity contribution is 0.122. The molecule has 1 fully saturated rings. The van der Waals surface area contributed by atoms with Gasteiger partial charge in [0.25, 0.3) is 0 Å². The molecule has 1 heterocycles. The average Bonchev–Trinajstić information content (AvgIpc) is 2.71. The van der Waals surface area contributed by atoms with E-state index in [-0.39, 0.29) is 24.0 Å². The highest BCUT2D eigenvalue weighted by atomic mass is 127. The molecule has 3 rings (SSSR count). The number of hydrogen-bond acceptors (Lipinski definition) is 3. The summed E-state index contributed by atoms with van der Waals surface area (Å²) in [5.41, 5.74) is 5.12. The highest BCUT2D eigenvalue weighted by Crippen LogP contribution is 2.21. The molecule has 0 amide bonds. The minimum atomic E-state index is 0. The van der Waals surface area contributed by atoms with E-state index in [9.17, 15) is 0 Å². The molecule has 28 heavy (non-hydrogen) atoms. The monoisotopic (exact) mass is 494 g/mol. The number of hydrogen-bond donors (Lipinski definition) is 1. The summed E-state index contributed by atoms with van der Waals surface area (Å²) in [5.74, 6) is 0.896. The molecule has 0 radical (unpaired) electrons. The van der Waals surface area contributed by atoms with Gasteiger partial charge in [-0.2, -0.15) is 0 Å². The van der Waals surface area contributed by atoms with Gasteiger partial charge in [0.05, 0.1) is 13.2 Å². The first-order valence-electron chi connectivity index (χ1n) is 9.55. The third kappa shape index (κ3) is 6.10. The van der Waals surface area contributed by atoms with Crippen LogP contribution in [0.2, 0.25) is 0 Å². The Bertz CT molecular complexity index is 757. The van der Waals surface area contributed by atoms with Gasteiger partial charge in [0.15, 0.2) is 5.96 Å². The highest BCUT2D eigenvalue weighted by molar-refractivity contribution is 14.0. The molecule has 1 N–H and O–H groups in total. The minimum Gasteiger partial charge on any atom is -0.378 e. The van der Waals surface area contributed by atoms with Crippen LogP contribution in [0.3, 0.4) is 0 Å². The predicted octanol–water partition coefficient (Wildman–Crippen LogP) is 3.66. The molecule has 1 aliphatic rings. The Morgan fingerprint density at radius 2 is 1.79 bits per heavy atom. The third-order valence-electron chi connectivity index (χ3n) is 4.89. The second kappa shape index (κ2) is 11.3. The maximum absolute atomic E-state index is 5.49. The maximum Gasteiger partial charge on any atom is 0.193 e. The number of rotatable bonds is 5. The van der Waals surface area contributed by atoms with E-state index in [1.165, 1.54) is 22.4 Å². The molecule has 1 saturated heterocycles. The van der Waals surface area contributed by atoms with E-state index >= 15 is 0 Å². The van der Waals surface area contributed by atoms with Gasteiger partial charge in [-0.3, -0.25) is 4.99 Å². The van der Waals surface area contributed by atoms with Crippen molar-refractivity contribution >= 4 is 35.6 Å². The molecule has 0 bridgehead atoms. The molecule has 5 nitrogen and oxygen atoms in total. The Kier molecular flexibility index (Phi) is 9.05. The number of anilines is 1. The van der Waals surface area contributed by atoms with Crippen LogP contribution in [0.1, 0.15) is 16.7 Å². The molecule has 0 aromatic heterocycles. The van der Waals surface area contributed by atoms with Crippen LogP contribution >= 0.6 is 24.0 Å². The van der Waals surface area contributed by atoms with Crippen molar-refractivity contribution in [3.63, 3.8) is 0 Å². The third-order valence-corrected chi connectivity index (χ3v) is 4.89. The van der Waals surface area contributed by atoms with Gasteiger partial charge in [-0.15, -0.1) is 24.0 Å². The fraction of sp³-hybridized carbons (Fsp3) is 0.409. The summed E-state index contributed by atoms with van der Waals surface area (Å²) in [4.78, 5) is 9.01. The molecule has 152 valence electrons. The minimum absolute atomic E-state index is 0. The van der Waals surface area contributed by atoms with Crippen LogP contribution < -0.4 is 10.2 Å². The molecule has 0 unspecified atom stereocenters. The Balaban J connectivity index is 0.00000280. The number of morpholine rings is 1. The zero-order valence-corrected chi connectivity index (χ0v) is 19.3. The van der Waals surface area contributed by atoms with E-state index < -0.39 is 0 Å². The largest absolute Gasteiger partial charge is 0.378 e. The number of ether oxygens (including phenoxy) is 1. The first kappa shape index (κ1) is 22.5. The lowest BCUT2D eigenvalue weighted by Gasteiger charge is -2.31. The van der Waals surface area contributed by atoms with Crippen molar-refractivity contribution in [2.24, 2.45) is 4.99 Å². The Morgan fingerprint density at radius 3 is 2.46 bits per heavy atom. The molecule has 1 aliphatic heterocycles. The van der Waals surface area contributed by atoms with Crippen molar-refractivity contribution in [2.75, 3.05) is 45.3 Å². The number of nitrogens with one attached hydrogen (secondary N) is 1. The van der Waals surface area contributed by atoms with E-state index in [0.29, 0.717) is 0 Å². The van der Waals surface area contributed by atoms with Gasteiger partial charge in [0.2, 0.25) is 0 Å². The van der Waals surface area contributed by atoms with Crippen molar-refractivity contribution < 1.29 is 4.74 Å². The Labute approximate surface area is 185 Å². The summed E-state index contributed by atoms with van der Waals surface area (Å²) < 4.78 is 5.49. The lowest BCUT2D eigenvalue weighted by Crippen LogP contribution is -2.39. The van der Waals surface area contributed by atoms with Crippen LogP contribution in [0.5, 0.6) is 0 Å². The van der Waals surface area contributed by atoms with Crippen LogP contribution in [0.15, 0.2) is 53.5 Å². The second-order valence-corrected chi connectivity index (χ2v) is 6.97. The number of para-hydroxylation sites is 1. The van der Waals surface area contributed by atoms with Crippen molar-refractivity contribution in [3.8, 4) is 0 Å². The molecule has 6 heteroatoms. The van der Waals surface area contributed by atoms with E-state index in [2.05, 4.69) is 82.6 Å². The fourth-order valence-corrected chi connectivity index (χ4v) is 3.37. The predicted molar refractivity (Wildman–Crippen MR) is 128 cm³/mol. The first-order valence-corrected chi connectivity index (χ1v) is 9.55. The van der Waals surface area contributed by atoms with Gasteiger partial charge in [-0.25, -0.2) is 0 Å². The summed E-state index contributed by atoms with van der Waals surface area (Å²) in [6.45, 7) is 7.16. The summed E-state index contributed by atoms with van der Waals surface area (Å²) >= 11 is 0. The zero-order chi connectivity index (χ0) is 19.1. The summed E-state index contributed by atoms with van der Waals surface area (Å²) in [6, 6.07) is 17.2. The number of aliphatic imine (C=N–C) groups is 1. The molecule has 0 aliphatic carbocycles. The van der Waals surface area contributed by atoms with Crippen LogP contribution in [0.4, 0.5) is 5.69 Å². The van der Waals surface area contributed by atoms with Crippen molar-refractivity contribution in [1.82, 2.24) is 10.2 Å². The summed E-state index contributed by atoms with van der Waals surface area (Å²) in [6.07, 6.45) is 0. The van der Waals surface area contributed by atoms with Crippen molar-refractivity contribution in [1.29, 1.82) is 0 Å². The number of guanidine groups is 1. The van der Waals surface area contributed by atoms with Gasteiger partial charge in [-0.05, 0) is 24.1 Å². The van der Waals surface area contributed by atoms with Crippen LogP contribution in [-0.4, -0.2) is 51.3 Å². The number of benzene rings is 2. The van der Waals surface area contributed by atoms with Crippen molar-refractivity contribution in [2.45, 2.75) is 20.0 Å². The smallest absolute Gasteiger partial charge is 0.193 e. The molecule has 2 aromatic rings. The number of nitrogens with zero attached hydrogens (tertiary/aromatic N) is 3. The Morgan fingerprint density at radius 1 is 1.11 bits per heavy atom. The lowest BCUT2D eigenvalue weighted by atomic mass is 10.1. The van der Waals surface area contributed by atoms with Gasteiger partial charge in [0, 0.05) is 46.0 Å². The fourth-order valence-electron chi connectivity index (χ4n) is 3.37. The number of halogens is 1. The van der Waals surface area contributed by atoms with Crippen LogP contribution in [0.25, 0.3) is 0 Å². The van der Waals surface area contributed by atoms with Gasteiger partial charge < -0.3 is 19.9 Å². The summed E-state index contributed by atoms with van der Waals surface area (Å²) in [5, 5.41) is 3.51. The van der Waals surface area contributed by atoms with Crippen LogP contribution in [-0.2, 0) is 17.8 Å². The second-order valence-electron chi connectivity index (χ2n) is 6.97. The van der Waals surface area contributed by atoms with E-state index in [0.717, 1.165) is 45.4 Å². The van der Waals surface area contributed by atoms with Crippen LogP contribution in [0, 0.1) is 6.92 Å². The zero-order valence-electron chi connectivity index (χ0n) is 17.0. The first-order chi connectivity index (χ1) is 13.2. The highest BCUT2D eigenvalue weighted by Gasteiger charge is 2.15. The van der Waals surface area contributed by atoms with Crippen molar-refractivity contribution in [3.05, 3.63) is 65.2 Å². The molecular weight excluding hydrogens is 463 g/mol.